The molecule has 5 heteroatoms. The van der Waals surface area contributed by atoms with E-state index in [-0.39, 0.29) is 0 Å². The first kappa shape index (κ1) is 13.3. The number of ether oxygens (including phenoxy) is 1. The zero-order chi connectivity index (χ0) is 13.1. The van der Waals surface area contributed by atoms with Gasteiger partial charge in [0.15, 0.2) is 0 Å². The van der Waals surface area contributed by atoms with Crippen LogP contribution in [0.25, 0.3) is 0 Å². The highest BCUT2D eigenvalue weighted by molar-refractivity contribution is 7.09. The van der Waals surface area contributed by atoms with Crippen molar-refractivity contribution < 1.29 is 9.84 Å². The summed E-state index contributed by atoms with van der Waals surface area (Å²) in [5.41, 5.74) is 1.58. The highest BCUT2D eigenvalue weighted by Crippen LogP contribution is 2.28. The first-order valence-corrected chi connectivity index (χ1v) is 6.83. The number of aryl methyl sites for hydroxylation is 1. The Morgan fingerprint density at radius 2 is 2.28 bits per heavy atom. The molecule has 0 aliphatic carbocycles. The molecular formula is C13H14ClNO2S. The fraction of sp³-hybridized carbons (Fsp3) is 0.308. The lowest BCUT2D eigenvalue weighted by molar-refractivity contribution is 0.190. The second kappa shape index (κ2) is 5.69. The SMILES string of the molecule is Cc1nc(COc2ccc(Cl)cc2[C@@H](C)O)cs1. The summed E-state index contributed by atoms with van der Waals surface area (Å²) in [4.78, 5) is 4.32. The van der Waals surface area contributed by atoms with Crippen molar-refractivity contribution in [2.45, 2.75) is 26.6 Å². The van der Waals surface area contributed by atoms with Gasteiger partial charge in [0, 0.05) is 16.0 Å². The highest BCUT2D eigenvalue weighted by atomic mass is 35.5. The fourth-order valence-corrected chi connectivity index (χ4v) is 2.38. The predicted octanol–water partition coefficient (Wildman–Crippen LogP) is 3.74. The average molecular weight is 284 g/mol. The monoisotopic (exact) mass is 283 g/mol. The van der Waals surface area contributed by atoms with Crippen LogP contribution in [0.2, 0.25) is 5.02 Å². The van der Waals surface area contributed by atoms with E-state index in [2.05, 4.69) is 4.98 Å². The van der Waals surface area contributed by atoms with Crippen molar-refractivity contribution in [1.29, 1.82) is 0 Å². The molecular weight excluding hydrogens is 270 g/mol. The molecule has 0 radical (unpaired) electrons. The Morgan fingerprint density at radius 3 is 2.89 bits per heavy atom. The van der Waals surface area contributed by atoms with Gasteiger partial charge >= 0.3 is 0 Å². The summed E-state index contributed by atoms with van der Waals surface area (Å²) >= 11 is 7.49. The molecule has 3 nitrogen and oxygen atoms in total. The Hall–Kier alpha value is -1.10. The van der Waals surface area contributed by atoms with E-state index in [4.69, 9.17) is 16.3 Å². The van der Waals surface area contributed by atoms with E-state index in [9.17, 15) is 5.11 Å². The van der Waals surface area contributed by atoms with Crippen molar-refractivity contribution in [2.24, 2.45) is 0 Å². The number of halogens is 1. The number of benzene rings is 1. The lowest BCUT2D eigenvalue weighted by atomic mass is 10.1. The van der Waals surface area contributed by atoms with E-state index in [1.807, 2.05) is 12.3 Å². The summed E-state index contributed by atoms with van der Waals surface area (Å²) in [6.45, 7) is 4.04. The third-order valence-electron chi connectivity index (χ3n) is 2.46. The number of aromatic nitrogens is 1. The van der Waals surface area contributed by atoms with Gasteiger partial charge in [-0.15, -0.1) is 11.3 Å². The van der Waals surface area contributed by atoms with Gasteiger partial charge in [-0.1, -0.05) is 11.6 Å². The Balaban J connectivity index is 2.13. The van der Waals surface area contributed by atoms with Gasteiger partial charge in [-0.2, -0.15) is 0 Å². The Kier molecular flexibility index (Phi) is 4.22. The van der Waals surface area contributed by atoms with Crippen molar-refractivity contribution >= 4 is 22.9 Å². The van der Waals surface area contributed by atoms with E-state index in [1.165, 1.54) is 0 Å². The molecule has 2 aromatic rings. The molecule has 1 aromatic heterocycles. The molecule has 1 atom stereocenters. The Labute approximate surface area is 115 Å². The number of aliphatic hydroxyl groups excluding tert-OH is 1. The maximum Gasteiger partial charge on any atom is 0.131 e. The average Bonchev–Trinajstić information content (AvgIpc) is 2.73. The zero-order valence-corrected chi connectivity index (χ0v) is 11.8. The summed E-state index contributed by atoms with van der Waals surface area (Å²) in [6, 6.07) is 5.23. The summed E-state index contributed by atoms with van der Waals surface area (Å²) in [6.07, 6.45) is -0.615. The van der Waals surface area contributed by atoms with Crippen LogP contribution in [0.5, 0.6) is 5.75 Å². The summed E-state index contributed by atoms with van der Waals surface area (Å²) in [5, 5.41) is 13.2. The van der Waals surface area contributed by atoms with Gasteiger partial charge in [0.1, 0.15) is 12.4 Å². The molecule has 0 saturated carbocycles. The number of thiazole rings is 1. The van der Waals surface area contributed by atoms with Gasteiger partial charge in [0.25, 0.3) is 0 Å². The second-order valence-corrected chi connectivity index (χ2v) is 5.50. The Morgan fingerprint density at radius 1 is 1.50 bits per heavy atom. The van der Waals surface area contributed by atoms with Crippen LogP contribution < -0.4 is 4.74 Å². The highest BCUT2D eigenvalue weighted by Gasteiger charge is 2.10. The van der Waals surface area contributed by atoms with Crippen LogP contribution in [0.1, 0.15) is 29.3 Å². The number of hydrogen-bond donors (Lipinski definition) is 1. The normalized spacial score (nSPS) is 12.4. The molecule has 96 valence electrons. The summed E-state index contributed by atoms with van der Waals surface area (Å²) in [7, 11) is 0. The maximum atomic E-state index is 9.68. The smallest absolute Gasteiger partial charge is 0.131 e. The number of hydrogen-bond acceptors (Lipinski definition) is 4. The zero-order valence-electron chi connectivity index (χ0n) is 10.2. The summed E-state index contributed by atoms with van der Waals surface area (Å²) < 4.78 is 5.68. The van der Waals surface area contributed by atoms with Crippen LogP contribution in [0.3, 0.4) is 0 Å². The van der Waals surface area contributed by atoms with Gasteiger partial charge in [-0.3, -0.25) is 0 Å². The first-order valence-electron chi connectivity index (χ1n) is 5.57. The first-order chi connectivity index (χ1) is 8.56. The summed E-state index contributed by atoms with van der Waals surface area (Å²) in [5.74, 6) is 0.639. The van der Waals surface area contributed by atoms with Crippen molar-refractivity contribution in [3.63, 3.8) is 0 Å². The number of aliphatic hydroxyl groups is 1. The standard InChI is InChI=1S/C13H14ClNO2S/c1-8(16)12-5-10(14)3-4-13(12)17-6-11-7-18-9(2)15-11/h3-5,7-8,16H,6H2,1-2H3/t8-/m1/s1. The molecule has 2 rings (SSSR count). The minimum atomic E-state index is -0.615. The number of nitrogens with zero attached hydrogens (tertiary/aromatic N) is 1. The predicted molar refractivity (Wildman–Crippen MR) is 73.3 cm³/mol. The lowest BCUT2D eigenvalue weighted by Crippen LogP contribution is -2.01. The van der Waals surface area contributed by atoms with Crippen LogP contribution in [0, 0.1) is 6.92 Å². The molecule has 1 heterocycles. The molecule has 0 fully saturated rings. The Bertz CT molecular complexity index is 540. The fourth-order valence-electron chi connectivity index (χ4n) is 1.60. The second-order valence-electron chi connectivity index (χ2n) is 4.00. The molecule has 0 saturated heterocycles. The molecule has 1 N–H and O–H groups in total. The van der Waals surface area contributed by atoms with Gasteiger partial charge in [0.2, 0.25) is 0 Å². The van der Waals surface area contributed by atoms with E-state index in [0.717, 1.165) is 10.7 Å². The van der Waals surface area contributed by atoms with Crippen LogP contribution in [0.15, 0.2) is 23.6 Å². The van der Waals surface area contributed by atoms with Crippen LogP contribution in [-0.2, 0) is 6.61 Å². The molecule has 1 aromatic carbocycles. The topological polar surface area (TPSA) is 42.4 Å². The van der Waals surface area contributed by atoms with Crippen molar-refractivity contribution in [3.05, 3.63) is 44.9 Å². The van der Waals surface area contributed by atoms with E-state index >= 15 is 0 Å². The van der Waals surface area contributed by atoms with Gasteiger partial charge in [0.05, 0.1) is 16.8 Å². The lowest BCUT2D eigenvalue weighted by Gasteiger charge is -2.13. The number of rotatable bonds is 4. The molecule has 0 aliphatic heterocycles. The molecule has 0 bridgehead atoms. The van der Waals surface area contributed by atoms with Crippen LogP contribution in [0.4, 0.5) is 0 Å². The van der Waals surface area contributed by atoms with Gasteiger partial charge < -0.3 is 9.84 Å². The van der Waals surface area contributed by atoms with E-state index in [1.54, 1.807) is 36.5 Å². The van der Waals surface area contributed by atoms with Crippen molar-refractivity contribution in [1.82, 2.24) is 4.98 Å². The van der Waals surface area contributed by atoms with E-state index in [0.29, 0.717) is 22.9 Å². The maximum absolute atomic E-state index is 9.68. The van der Waals surface area contributed by atoms with Gasteiger partial charge in [-0.05, 0) is 32.0 Å². The minimum Gasteiger partial charge on any atom is -0.487 e. The third-order valence-corrected chi connectivity index (χ3v) is 3.52. The largest absolute Gasteiger partial charge is 0.487 e. The quantitative estimate of drug-likeness (QED) is 0.929. The molecule has 0 aliphatic rings. The van der Waals surface area contributed by atoms with Crippen LogP contribution >= 0.6 is 22.9 Å². The molecule has 18 heavy (non-hydrogen) atoms. The molecule has 0 unspecified atom stereocenters. The van der Waals surface area contributed by atoms with Crippen molar-refractivity contribution in [2.75, 3.05) is 0 Å². The van der Waals surface area contributed by atoms with Crippen molar-refractivity contribution in [3.8, 4) is 5.75 Å². The van der Waals surface area contributed by atoms with E-state index < -0.39 is 6.10 Å². The molecule has 0 spiro atoms. The third kappa shape index (κ3) is 3.22. The minimum absolute atomic E-state index is 0.395. The van der Waals surface area contributed by atoms with Gasteiger partial charge in [-0.25, -0.2) is 4.98 Å². The molecule has 0 amide bonds. The van der Waals surface area contributed by atoms with Crippen LogP contribution in [-0.4, -0.2) is 10.1 Å².